The summed E-state index contributed by atoms with van der Waals surface area (Å²) in [5, 5.41) is 13.9. The van der Waals surface area contributed by atoms with Gasteiger partial charge in [0.25, 0.3) is 0 Å². The average molecular weight is 236 g/mol. The van der Waals surface area contributed by atoms with Crippen molar-refractivity contribution < 1.29 is 9.72 Å². The molecule has 0 radical (unpaired) electrons. The maximum atomic E-state index is 11.5. The van der Waals surface area contributed by atoms with Crippen molar-refractivity contribution in [2.75, 3.05) is 0 Å². The average Bonchev–Trinajstić information content (AvgIpc) is 2.90. The van der Waals surface area contributed by atoms with Crippen LogP contribution in [0.5, 0.6) is 0 Å². The number of allylic oxidation sites excluding steroid dienone is 2. The lowest BCUT2D eigenvalue weighted by atomic mass is 9.80. The summed E-state index contributed by atoms with van der Waals surface area (Å²) >= 11 is 0. The summed E-state index contributed by atoms with van der Waals surface area (Å²) in [7, 11) is 0. The molecule has 0 unspecified atom stereocenters. The molecule has 2 bridgehead atoms. The fraction of sp³-hybridized carbons (Fsp3) is 0.750. The van der Waals surface area contributed by atoms with Crippen LogP contribution in [0.3, 0.4) is 0 Å². The van der Waals surface area contributed by atoms with Gasteiger partial charge in [0, 0.05) is 17.8 Å². The standard InChI is InChI=1S/C12H16N2O3/c15-11-4-3-10(14(16)17)12(13-11)9-6-7-1-2-8(9)5-7/h1-2,7-10,12H,3-6H2,(H,13,15)/t7-,8-,9-,10-,12+/m0/s1. The number of piperidine rings is 1. The molecule has 0 aromatic rings. The normalized spacial score (nSPS) is 43.8. The summed E-state index contributed by atoms with van der Waals surface area (Å²) < 4.78 is 0. The van der Waals surface area contributed by atoms with E-state index in [0.717, 1.165) is 12.8 Å². The molecule has 5 atom stereocenters. The molecule has 3 aliphatic rings. The first-order valence-corrected chi connectivity index (χ1v) is 6.26. The van der Waals surface area contributed by atoms with Crippen LogP contribution in [0.25, 0.3) is 0 Å². The van der Waals surface area contributed by atoms with Crippen molar-refractivity contribution in [1.29, 1.82) is 0 Å². The van der Waals surface area contributed by atoms with Gasteiger partial charge in [-0.1, -0.05) is 12.2 Å². The second kappa shape index (κ2) is 3.82. The van der Waals surface area contributed by atoms with Crippen LogP contribution >= 0.6 is 0 Å². The van der Waals surface area contributed by atoms with Gasteiger partial charge in [-0.25, -0.2) is 0 Å². The molecular formula is C12H16N2O3. The Kier molecular flexibility index (Phi) is 2.42. The van der Waals surface area contributed by atoms with Crippen LogP contribution in [-0.4, -0.2) is 22.9 Å². The summed E-state index contributed by atoms with van der Waals surface area (Å²) in [4.78, 5) is 22.3. The first-order valence-electron chi connectivity index (χ1n) is 6.26. The van der Waals surface area contributed by atoms with E-state index in [1.165, 1.54) is 0 Å². The maximum Gasteiger partial charge on any atom is 0.233 e. The zero-order valence-corrected chi connectivity index (χ0v) is 9.54. The van der Waals surface area contributed by atoms with Crippen LogP contribution in [0.2, 0.25) is 0 Å². The molecule has 5 heteroatoms. The highest BCUT2D eigenvalue weighted by Gasteiger charge is 2.48. The number of hydrogen-bond donors (Lipinski definition) is 1. The van der Waals surface area contributed by atoms with Gasteiger partial charge in [0.1, 0.15) is 0 Å². The molecule has 1 aliphatic heterocycles. The van der Waals surface area contributed by atoms with Gasteiger partial charge in [0.15, 0.2) is 0 Å². The van der Waals surface area contributed by atoms with E-state index in [1.54, 1.807) is 0 Å². The Labute approximate surface area is 99.4 Å². The van der Waals surface area contributed by atoms with Crippen molar-refractivity contribution in [2.24, 2.45) is 17.8 Å². The quantitative estimate of drug-likeness (QED) is 0.443. The molecule has 2 aliphatic carbocycles. The smallest absolute Gasteiger partial charge is 0.233 e. The molecule has 5 nitrogen and oxygen atoms in total. The van der Waals surface area contributed by atoms with E-state index in [4.69, 9.17) is 0 Å². The fourth-order valence-electron chi connectivity index (χ4n) is 3.68. The van der Waals surface area contributed by atoms with Crippen molar-refractivity contribution in [2.45, 2.75) is 37.8 Å². The monoisotopic (exact) mass is 236 g/mol. The largest absolute Gasteiger partial charge is 0.346 e. The van der Waals surface area contributed by atoms with Crippen molar-refractivity contribution in [1.82, 2.24) is 5.32 Å². The van der Waals surface area contributed by atoms with Crippen LogP contribution < -0.4 is 5.32 Å². The predicted molar refractivity (Wildman–Crippen MR) is 60.8 cm³/mol. The molecule has 17 heavy (non-hydrogen) atoms. The van der Waals surface area contributed by atoms with Gasteiger partial charge in [-0.15, -0.1) is 0 Å². The molecule has 2 fully saturated rings. The number of amides is 1. The Balaban J connectivity index is 1.80. The van der Waals surface area contributed by atoms with Crippen LogP contribution in [0.1, 0.15) is 25.7 Å². The number of rotatable bonds is 2. The van der Waals surface area contributed by atoms with E-state index >= 15 is 0 Å². The molecule has 0 spiro atoms. The highest BCUT2D eigenvalue weighted by molar-refractivity contribution is 5.77. The van der Waals surface area contributed by atoms with Crippen LogP contribution in [0.4, 0.5) is 0 Å². The second-order valence-corrected chi connectivity index (χ2v) is 5.43. The van der Waals surface area contributed by atoms with Gasteiger partial charge in [-0.05, 0) is 30.6 Å². The summed E-state index contributed by atoms with van der Waals surface area (Å²) in [5.74, 6) is 1.26. The third-order valence-electron chi connectivity index (χ3n) is 4.47. The van der Waals surface area contributed by atoms with Gasteiger partial charge >= 0.3 is 0 Å². The minimum Gasteiger partial charge on any atom is -0.346 e. The highest BCUT2D eigenvalue weighted by atomic mass is 16.6. The van der Waals surface area contributed by atoms with E-state index in [1.807, 2.05) is 0 Å². The first kappa shape index (κ1) is 10.7. The van der Waals surface area contributed by atoms with Crippen molar-refractivity contribution in [3.05, 3.63) is 22.3 Å². The number of nitrogens with one attached hydrogen (secondary N) is 1. The van der Waals surface area contributed by atoms with Crippen LogP contribution in [0, 0.1) is 27.9 Å². The van der Waals surface area contributed by atoms with E-state index < -0.39 is 6.04 Å². The Morgan fingerprint density at radius 1 is 1.35 bits per heavy atom. The molecule has 1 saturated carbocycles. The number of nitro groups is 1. The van der Waals surface area contributed by atoms with Crippen LogP contribution in [0.15, 0.2) is 12.2 Å². The summed E-state index contributed by atoms with van der Waals surface area (Å²) in [6, 6.07) is -0.850. The fourth-order valence-corrected chi connectivity index (χ4v) is 3.68. The first-order chi connectivity index (χ1) is 8.15. The van der Waals surface area contributed by atoms with Gasteiger partial charge in [0.05, 0.1) is 6.04 Å². The lowest BCUT2D eigenvalue weighted by Gasteiger charge is -2.33. The van der Waals surface area contributed by atoms with Gasteiger partial charge in [-0.2, -0.15) is 0 Å². The van der Waals surface area contributed by atoms with Gasteiger partial charge in [-0.3, -0.25) is 14.9 Å². The third-order valence-corrected chi connectivity index (χ3v) is 4.47. The maximum absolute atomic E-state index is 11.5. The topological polar surface area (TPSA) is 72.2 Å². The number of carbonyl (C=O) groups excluding carboxylic acids is 1. The lowest BCUT2D eigenvalue weighted by molar-refractivity contribution is -0.530. The molecule has 1 heterocycles. The SMILES string of the molecule is O=C1CC[C@H]([N+](=O)[O-])[C@@H]([C@H]2C[C@H]3C=C[C@H]2C3)N1. The molecule has 3 rings (SSSR count). The van der Waals surface area contributed by atoms with Crippen molar-refractivity contribution in [3.63, 3.8) is 0 Å². The summed E-state index contributed by atoms with van der Waals surface area (Å²) in [6.45, 7) is 0. The molecule has 1 saturated heterocycles. The van der Waals surface area contributed by atoms with E-state index in [-0.39, 0.29) is 22.8 Å². The molecule has 92 valence electrons. The Hall–Kier alpha value is -1.39. The Morgan fingerprint density at radius 3 is 2.76 bits per heavy atom. The zero-order chi connectivity index (χ0) is 12.0. The third kappa shape index (κ3) is 1.73. The minimum atomic E-state index is -0.592. The van der Waals surface area contributed by atoms with Crippen LogP contribution in [-0.2, 0) is 4.79 Å². The molecule has 0 aromatic carbocycles. The second-order valence-electron chi connectivity index (χ2n) is 5.43. The molecule has 0 aromatic heterocycles. The minimum absolute atomic E-state index is 0.0279. The molecule has 1 N–H and O–H groups in total. The van der Waals surface area contributed by atoms with Crippen molar-refractivity contribution >= 4 is 5.91 Å². The van der Waals surface area contributed by atoms with E-state index in [0.29, 0.717) is 24.7 Å². The van der Waals surface area contributed by atoms with Gasteiger partial charge in [0.2, 0.25) is 11.9 Å². The Morgan fingerprint density at radius 2 is 2.18 bits per heavy atom. The predicted octanol–water partition coefficient (Wildman–Crippen LogP) is 1.12. The van der Waals surface area contributed by atoms with E-state index in [9.17, 15) is 14.9 Å². The molecule has 1 amide bonds. The van der Waals surface area contributed by atoms with E-state index in [2.05, 4.69) is 17.5 Å². The van der Waals surface area contributed by atoms with Gasteiger partial charge < -0.3 is 5.32 Å². The molecular weight excluding hydrogens is 220 g/mol. The highest BCUT2D eigenvalue weighted by Crippen LogP contribution is 2.46. The number of fused-ring (bicyclic) bond motifs is 2. The summed E-state index contributed by atoms with van der Waals surface area (Å²) in [5.41, 5.74) is 0. The number of carbonyl (C=O) groups is 1. The van der Waals surface area contributed by atoms with Crippen molar-refractivity contribution in [3.8, 4) is 0 Å². The zero-order valence-electron chi connectivity index (χ0n) is 9.54. The number of hydrogen-bond acceptors (Lipinski definition) is 3. The lowest BCUT2D eigenvalue weighted by Crippen LogP contribution is -2.55. The Bertz CT molecular complexity index is 393. The summed E-state index contributed by atoms with van der Waals surface area (Å²) in [6.07, 6.45) is 7.18. The number of nitrogens with zero attached hydrogens (tertiary/aromatic N) is 1.